The minimum atomic E-state index is -0.0485. The van der Waals surface area contributed by atoms with Gasteiger partial charge in [-0.25, -0.2) is 0 Å². The van der Waals surface area contributed by atoms with Crippen LogP contribution in [0.25, 0.3) is 0 Å². The Morgan fingerprint density at radius 3 is 2.42 bits per heavy atom. The molecule has 1 fully saturated rings. The van der Waals surface area contributed by atoms with Crippen LogP contribution in [0.4, 0.5) is 0 Å². The third-order valence-electron chi connectivity index (χ3n) is 1.91. The van der Waals surface area contributed by atoms with E-state index in [9.17, 15) is 4.79 Å². The first-order valence-corrected chi connectivity index (χ1v) is 3.84. The van der Waals surface area contributed by atoms with Gasteiger partial charge >= 0.3 is 0 Å². The highest BCUT2D eigenvalue weighted by atomic mass is 16.2. The number of hydrogen-bond acceptors (Lipinski definition) is 3. The molecule has 64 valence electrons. The van der Waals surface area contributed by atoms with Gasteiger partial charge in [0.1, 0.15) is 0 Å². The Morgan fingerprint density at radius 2 is 2.00 bits per heavy atom. The lowest BCUT2D eigenvalue weighted by Crippen LogP contribution is -2.46. The van der Waals surface area contributed by atoms with E-state index in [1.165, 1.54) is 6.08 Å². The first-order chi connectivity index (χ1) is 5.77. The molecule has 12 heavy (non-hydrogen) atoms. The van der Waals surface area contributed by atoms with Gasteiger partial charge in [0.25, 0.3) is 0 Å². The lowest BCUT2D eigenvalue weighted by atomic mass is 10.3. The fraction of sp³-hybridized carbons (Fsp3) is 0.500. The molecule has 0 aromatic rings. The van der Waals surface area contributed by atoms with Crippen molar-refractivity contribution in [2.75, 3.05) is 26.2 Å². The fourth-order valence-corrected chi connectivity index (χ4v) is 1.16. The smallest absolute Gasteiger partial charge is 0.246 e. The average molecular weight is 165 g/mol. The van der Waals surface area contributed by atoms with E-state index in [0.29, 0.717) is 26.2 Å². The minimum absolute atomic E-state index is 0.0485. The van der Waals surface area contributed by atoms with Crippen LogP contribution < -0.4 is 0 Å². The lowest BCUT2D eigenvalue weighted by molar-refractivity contribution is -0.127. The number of piperazine rings is 1. The summed E-state index contributed by atoms with van der Waals surface area (Å²) < 4.78 is 0. The van der Waals surface area contributed by atoms with Gasteiger partial charge < -0.3 is 9.80 Å². The fourth-order valence-electron chi connectivity index (χ4n) is 1.16. The highest BCUT2D eigenvalue weighted by molar-refractivity contribution is 5.87. The number of nitriles is 1. The Hall–Kier alpha value is -1.50. The van der Waals surface area contributed by atoms with Crippen LogP contribution in [0.3, 0.4) is 0 Å². The predicted molar refractivity (Wildman–Crippen MR) is 44.0 cm³/mol. The van der Waals surface area contributed by atoms with Gasteiger partial charge in [0, 0.05) is 26.2 Å². The molecular weight excluding hydrogens is 154 g/mol. The summed E-state index contributed by atoms with van der Waals surface area (Å²) in [7, 11) is 0. The molecule has 1 rings (SSSR count). The monoisotopic (exact) mass is 165 g/mol. The first-order valence-electron chi connectivity index (χ1n) is 3.84. The number of carbonyl (C=O) groups is 1. The van der Waals surface area contributed by atoms with E-state index in [1.807, 2.05) is 0 Å². The number of nitrogens with zero attached hydrogens (tertiary/aromatic N) is 3. The Balaban J connectivity index is 2.41. The Morgan fingerprint density at radius 1 is 1.42 bits per heavy atom. The van der Waals surface area contributed by atoms with Crippen LogP contribution in [0.1, 0.15) is 0 Å². The van der Waals surface area contributed by atoms with E-state index in [1.54, 1.807) is 9.80 Å². The van der Waals surface area contributed by atoms with Gasteiger partial charge in [-0.15, -0.1) is 0 Å². The van der Waals surface area contributed by atoms with Crippen LogP contribution in [0.15, 0.2) is 12.7 Å². The molecule has 0 spiro atoms. The Labute approximate surface area is 71.7 Å². The number of rotatable bonds is 1. The maximum atomic E-state index is 11.1. The SMILES string of the molecule is C=CC(=O)N1CCN(C#N)CC1. The summed E-state index contributed by atoms with van der Waals surface area (Å²) in [6.07, 6.45) is 3.36. The first kappa shape index (κ1) is 8.60. The molecule has 1 heterocycles. The van der Waals surface area contributed by atoms with Crippen molar-refractivity contribution in [1.29, 1.82) is 5.26 Å². The van der Waals surface area contributed by atoms with Gasteiger partial charge in [-0.2, -0.15) is 5.26 Å². The summed E-state index contributed by atoms with van der Waals surface area (Å²) in [5.74, 6) is -0.0485. The minimum Gasteiger partial charge on any atom is -0.336 e. The number of carbonyl (C=O) groups excluding carboxylic acids is 1. The lowest BCUT2D eigenvalue weighted by Gasteiger charge is -2.30. The van der Waals surface area contributed by atoms with Crippen LogP contribution in [0, 0.1) is 11.5 Å². The second kappa shape index (κ2) is 3.77. The summed E-state index contributed by atoms with van der Waals surface area (Å²) in [5.41, 5.74) is 0. The number of amides is 1. The van der Waals surface area contributed by atoms with Gasteiger partial charge in [0.15, 0.2) is 6.19 Å². The van der Waals surface area contributed by atoms with Gasteiger partial charge in [0.05, 0.1) is 0 Å². The van der Waals surface area contributed by atoms with Gasteiger partial charge in [-0.3, -0.25) is 4.79 Å². The highest BCUT2D eigenvalue weighted by Gasteiger charge is 2.17. The van der Waals surface area contributed by atoms with Gasteiger partial charge in [-0.1, -0.05) is 6.58 Å². The second-order valence-corrected chi connectivity index (χ2v) is 2.62. The maximum absolute atomic E-state index is 11.1. The van der Waals surface area contributed by atoms with Crippen molar-refractivity contribution in [2.45, 2.75) is 0 Å². The maximum Gasteiger partial charge on any atom is 0.246 e. The Bertz CT molecular complexity index is 223. The zero-order chi connectivity index (χ0) is 8.97. The molecule has 0 aromatic heterocycles. The summed E-state index contributed by atoms with van der Waals surface area (Å²) in [5, 5.41) is 8.53. The van der Waals surface area contributed by atoms with Crippen LogP contribution >= 0.6 is 0 Å². The molecule has 1 aliphatic rings. The van der Waals surface area contributed by atoms with Crippen molar-refractivity contribution in [3.05, 3.63) is 12.7 Å². The summed E-state index contributed by atoms with van der Waals surface area (Å²) in [6.45, 7) is 5.92. The quantitative estimate of drug-likeness (QED) is 0.399. The van der Waals surface area contributed by atoms with E-state index in [-0.39, 0.29) is 5.91 Å². The molecule has 0 N–H and O–H groups in total. The molecule has 1 saturated heterocycles. The summed E-state index contributed by atoms with van der Waals surface area (Å²) in [6, 6.07) is 0. The van der Waals surface area contributed by atoms with Crippen LogP contribution in [-0.4, -0.2) is 41.9 Å². The summed E-state index contributed by atoms with van der Waals surface area (Å²) >= 11 is 0. The topological polar surface area (TPSA) is 47.3 Å². The molecule has 0 bridgehead atoms. The van der Waals surface area contributed by atoms with Crippen molar-refractivity contribution in [3.63, 3.8) is 0 Å². The number of hydrogen-bond donors (Lipinski definition) is 0. The third-order valence-corrected chi connectivity index (χ3v) is 1.91. The largest absolute Gasteiger partial charge is 0.336 e. The normalized spacial score (nSPS) is 16.9. The van der Waals surface area contributed by atoms with Crippen molar-refractivity contribution in [3.8, 4) is 6.19 Å². The molecule has 1 aliphatic heterocycles. The zero-order valence-electron chi connectivity index (χ0n) is 6.86. The predicted octanol–water partition coefficient (Wildman–Crippen LogP) is -0.202. The zero-order valence-corrected chi connectivity index (χ0v) is 6.86. The molecule has 0 aromatic carbocycles. The molecular formula is C8H11N3O. The molecule has 0 unspecified atom stereocenters. The van der Waals surface area contributed by atoms with E-state index in [2.05, 4.69) is 12.8 Å². The van der Waals surface area contributed by atoms with Crippen molar-refractivity contribution in [2.24, 2.45) is 0 Å². The van der Waals surface area contributed by atoms with Crippen LogP contribution in [0.2, 0.25) is 0 Å². The molecule has 0 radical (unpaired) electrons. The average Bonchev–Trinajstić information content (AvgIpc) is 2.17. The third kappa shape index (κ3) is 1.76. The molecule has 0 atom stereocenters. The van der Waals surface area contributed by atoms with Crippen molar-refractivity contribution in [1.82, 2.24) is 9.80 Å². The van der Waals surface area contributed by atoms with Crippen molar-refractivity contribution >= 4 is 5.91 Å². The standard InChI is InChI=1S/C8H11N3O/c1-2-8(12)11-5-3-10(7-9)4-6-11/h2H,1,3-6H2. The summed E-state index contributed by atoms with van der Waals surface area (Å²) in [4.78, 5) is 14.4. The van der Waals surface area contributed by atoms with E-state index >= 15 is 0 Å². The molecule has 1 amide bonds. The van der Waals surface area contributed by atoms with E-state index in [0.717, 1.165) is 0 Å². The molecule has 0 saturated carbocycles. The van der Waals surface area contributed by atoms with Crippen LogP contribution in [-0.2, 0) is 4.79 Å². The van der Waals surface area contributed by atoms with Crippen LogP contribution in [0.5, 0.6) is 0 Å². The molecule has 4 heteroatoms. The van der Waals surface area contributed by atoms with Crippen molar-refractivity contribution < 1.29 is 4.79 Å². The molecule has 4 nitrogen and oxygen atoms in total. The molecule has 0 aliphatic carbocycles. The Kier molecular flexibility index (Phi) is 2.70. The van der Waals surface area contributed by atoms with Gasteiger partial charge in [-0.05, 0) is 6.08 Å². The van der Waals surface area contributed by atoms with Gasteiger partial charge in [0.2, 0.25) is 5.91 Å². The highest BCUT2D eigenvalue weighted by Crippen LogP contribution is 2.00. The van der Waals surface area contributed by atoms with E-state index < -0.39 is 0 Å². The second-order valence-electron chi connectivity index (χ2n) is 2.62. The van der Waals surface area contributed by atoms with E-state index in [4.69, 9.17) is 5.26 Å².